The number of nitrogens with one attached hydrogen (secondary N) is 1. The summed E-state index contributed by atoms with van der Waals surface area (Å²) in [5, 5.41) is 3.82. The molecule has 1 aliphatic heterocycles. The number of carbonyl (C=O) groups is 2. The molecule has 2 heterocycles. The Balaban J connectivity index is 1.70. The lowest BCUT2D eigenvalue weighted by atomic mass is 10.0. The Morgan fingerprint density at radius 1 is 1.00 bits per heavy atom. The van der Waals surface area contributed by atoms with Gasteiger partial charge in [-0.3, -0.25) is 9.59 Å². The maximum atomic E-state index is 13.3. The topological polar surface area (TPSA) is 49.4 Å². The van der Waals surface area contributed by atoms with Gasteiger partial charge < -0.3 is 10.2 Å². The molecule has 1 fully saturated rings. The molecule has 2 amide bonds. The highest BCUT2D eigenvalue weighted by atomic mass is 32.1. The molecule has 1 N–H and O–H groups in total. The van der Waals surface area contributed by atoms with E-state index in [1.807, 2.05) is 36.1 Å². The molecule has 0 atom stereocenters. The molecule has 4 rings (SSSR count). The lowest BCUT2D eigenvalue weighted by molar-refractivity contribution is 0.0793. The molecule has 1 aliphatic carbocycles. The first-order chi connectivity index (χ1) is 13.1. The molecular weight excluding hydrogens is 356 g/mol. The standard InChI is InChI=1S/C22H26N2O2S/c1-15-9-5-6-10-16(15)20(25)23-21-19(22(26)24-13-7-8-14-24)17-11-3-2-4-12-18(17)27-21/h5-6,9-10H,2-4,7-8,11-14H2,1H3,(H,23,25). The predicted molar refractivity (Wildman–Crippen MR) is 110 cm³/mol. The number of nitrogens with zero attached hydrogens (tertiary/aromatic N) is 1. The Morgan fingerprint density at radius 3 is 2.52 bits per heavy atom. The lowest BCUT2D eigenvalue weighted by Gasteiger charge is -2.17. The highest BCUT2D eigenvalue weighted by Crippen LogP contribution is 2.39. The Bertz CT molecular complexity index is 865. The largest absolute Gasteiger partial charge is 0.339 e. The van der Waals surface area contributed by atoms with Crippen molar-refractivity contribution < 1.29 is 9.59 Å². The van der Waals surface area contributed by atoms with E-state index in [1.165, 1.54) is 16.9 Å². The van der Waals surface area contributed by atoms with Gasteiger partial charge in [-0.15, -0.1) is 11.3 Å². The number of anilines is 1. The fourth-order valence-corrected chi connectivity index (χ4v) is 5.41. The molecule has 142 valence electrons. The third-order valence-corrected chi connectivity index (χ3v) is 6.85. The molecule has 1 aromatic heterocycles. The van der Waals surface area contributed by atoms with E-state index in [0.717, 1.165) is 67.7 Å². The van der Waals surface area contributed by atoms with Crippen LogP contribution in [-0.4, -0.2) is 29.8 Å². The summed E-state index contributed by atoms with van der Waals surface area (Å²) in [6, 6.07) is 7.59. The summed E-state index contributed by atoms with van der Waals surface area (Å²) >= 11 is 1.61. The summed E-state index contributed by atoms with van der Waals surface area (Å²) < 4.78 is 0. The number of thiophene rings is 1. The van der Waals surface area contributed by atoms with E-state index in [9.17, 15) is 9.59 Å². The fourth-order valence-electron chi connectivity index (χ4n) is 4.13. The zero-order valence-corrected chi connectivity index (χ0v) is 16.7. The van der Waals surface area contributed by atoms with Crippen LogP contribution in [0.2, 0.25) is 0 Å². The van der Waals surface area contributed by atoms with Crippen LogP contribution in [0.4, 0.5) is 5.00 Å². The fraction of sp³-hybridized carbons (Fsp3) is 0.455. The van der Waals surface area contributed by atoms with Crippen molar-refractivity contribution in [2.75, 3.05) is 18.4 Å². The molecular formula is C22H26N2O2S. The van der Waals surface area contributed by atoms with Gasteiger partial charge in [0.2, 0.25) is 0 Å². The second-order valence-corrected chi connectivity index (χ2v) is 8.64. The number of amides is 2. The van der Waals surface area contributed by atoms with Gasteiger partial charge in [0.05, 0.1) is 5.56 Å². The monoisotopic (exact) mass is 382 g/mol. The van der Waals surface area contributed by atoms with Crippen molar-refractivity contribution in [3.8, 4) is 0 Å². The number of likely N-dealkylation sites (tertiary alicyclic amines) is 1. The normalized spacial score (nSPS) is 16.7. The number of hydrogen-bond donors (Lipinski definition) is 1. The molecule has 2 aromatic rings. The van der Waals surface area contributed by atoms with Crippen LogP contribution < -0.4 is 5.32 Å². The van der Waals surface area contributed by atoms with Gasteiger partial charge in [-0.05, 0) is 62.6 Å². The van der Waals surface area contributed by atoms with E-state index in [0.29, 0.717) is 5.56 Å². The van der Waals surface area contributed by atoms with Crippen LogP contribution in [0.15, 0.2) is 24.3 Å². The zero-order valence-electron chi connectivity index (χ0n) is 15.8. The summed E-state index contributed by atoms with van der Waals surface area (Å²) in [7, 11) is 0. The average molecular weight is 383 g/mol. The van der Waals surface area contributed by atoms with Gasteiger partial charge in [0.15, 0.2) is 0 Å². The number of fused-ring (bicyclic) bond motifs is 1. The molecule has 0 bridgehead atoms. The Morgan fingerprint density at radius 2 is 1.74 bits per heavy atom. The van der Waals surface area contributed by atoms with Crippen LogP contribution in [0.25, 0.3) is 0 Å². The Hall–Kier alpha value is -2.14. The number of benzene rings is 1. The maximum absolute atomic E-state index is 13.3. The molecule has 0 saturated carbocycles. The molecule has 0 unspecified atom stereocenters. The summed E-state index contributed by atoms with van der Waals surface area (Å²) in [5.74, 6) is -0.0213. The molecule has 5 heteroatoms. The van der Waals surface area contributed by atoms with Crippen molar-refractivity contribution in [2.45, 2.75) is 51.9 Å². The van der Waals surface area contributed by atoms with E-state index >= 15 is 0 Å². The van der Waals surface area contributed by atoms with Crippen molar-refractivity contribution in [1.82, 2.24) is 4.90 Å². The quantitative estimate of drug-likeness (QED) is 0.774. The second-order valence-electron chi connectivity index (χ2n) is 7.54. The highest BCUT2D eigenvalue weighted by Gasteiger charge is 2.30. The maximum Gasteiger partial charge on any atom is 0.257 e. The summed E-state index contributed by atoms with van der Waals surface area (Å²) in [6.07, 6.45) is 7.60. The first-order valence-corrected chi connectivity index (χ1v) is 10.8. The zero-order chi connectivity index (χ0) is 18.8. The number of aryl methyl sites for hydroxylation is 2. The van der Waals surface area contributed by atoms with Crippen LogP contribution in [0, 0.1) is 6.92 Å². The first-order valence-electron chi connectivity index (χ1n) is 9.96. The van der Waals surface area contributed by atoms with E-state index in [4.69, 9.17) is 0 Å². The highest BCUT2D eigenvalue weighted by molar-refractivity contribution is 7.17. The minimum Gasteiger partial charge on any atom is -0.339 e. The third-order valence-electron chi connectivity index (χ3n) is 5.65. The molecule has 1 saturated heterocycles. The molecule has 0 spiro atoms. The SMILES string of the molecule is Cc1ccccc1C(=O)Nc1sc2c(c1C(=O)N1CCCC1)CCCCC2. The van der Waals surface area contributed by atoms with Crippen molar-refractivity contribution in [3.05, 3.63) is 51.4 Å². The van der Waals surface area contributed by atoms with Gasteiger partial charge in [0.1, 0.15) is 5.00 Å². The van der Waals surface area contributed by atoms with Crippen LogP contribution >= 0.6 is 11.3 Å². The molecule has 27 heavy (non-hydrogen) atoms. The van der Waals surface area contributed by atoms with Crippen LogP contribution in [0.1, 0.15) is 68.8 Å². The first kappa shape index (κ1) is 18.2. The number of hydrogen-bond acceptors (Lipinski definition) is 3. The van der Waals surface area contributed by atoms with Gasteiger partial charge in [-0.1, -0.05) is 24.6 Å². The molecule has 4 nitrogen and oxygen atoms in total. The predicted octanol–water partition coefficient (Wildman–Crippen LogP) is 4.81. The van der Waals surface area contributed by atoms with E-state index < -0.39 is 0 Å². The number of carbonyl (C=O) groups excluding carboxylic acids is 2. The van der Waals surface area contributed by atoms with Crippen molar-refractivity contribution >= 4 is 28.2 Å². The lowest BCUT2D eigenvalue weighted by Crippen LogP contribution is -2.29. The Kier molecular flexibility index (Phi) is 5.30. The van der Waals surface area contributed by atoms with E-state index in [2.05, 4.69) is 5.32 Å². The van der Waals surface area contributed by atoms with Gasteiger partial charge in [-0.25, -0.2) is 0 Å². The van der Waals surface area contributed by atoms with Crippen LogP contribution in [-0.2, 0) is 12.8 Å². The minimum atomic E-state index is -0.125. The summed E-state index contributed by atoms with van der Waals surface area (Å²) in [4.78, 5) is 29.4. The molecule has 2 aliphatic rings. The van der Waals surface area contributed by atoms with E-state index in [1.54, 1.807) is 11.3 Å². The van der Waals surface area contributed by atoms with Gasteiger partial charge in [-0.2, -0.15) is 0 Å². The van der Waals surface area contributed by atoms with Crippen molar-refractivity contribution in [1.29, 1.82) is 0 Å². The summed E-state index contributed by atoms with van der Waals surface area (Å²) in [5.41, 5.74) is 3.57. The average Bonchev–Trinajstić information content (AvgIpc) is 3.25. The van der Waals surface area contributed by atoms with E-state index in [-0.39, 0.29) is 11.8 Å². The summed E-state index contributed by atoms with van der Waals surface area (Å²) in [6.45, 7) is 3.60. The van der Waals surface area contributed by atoms with Gasteiger partial charge in [0, 0.05) is 23.5 Å². The smallest absolute Gasteiger partial charge is 0.257 e. The Labute approximate surface area is 164 Å². The number of rotatable bonds is 3. The van der Waals surface area contributed by atoms with Gasteiger partial charge in [0.25, 0.3) is 11.8 Å². The van der Waals surface area contributed by atoms with Crippen LogP contribution in [0.5, 0.6) is 0 Å². The van der Waals surface area contributed by atoms with Crippen molar-refractivity contribution in [2.24, 2.45) is 0 Å². The minimum absolute atomic E-state index is 0.104. The third kappa shape index (κ3) is 3.65. The second kappa shape index (κ2) is 7.85. The van der Waals surface area contributed by atoms with Crippen LogP contribution in [0.3, 0.4) is 0 Å². The van der Waals surface area contributed by atoms with Gasteiger partial charge >= 0.3 is 0 Å². The molecule has 1 aromatic carbocycles. The molecule has 0 radical (unpaired) electrons. The van der Waals surface area contributed by atoms with Crippen molar-refractivity contribution in [3.63, 3.8) is 0 Å².